The van der Waals surface area contributed by atoms with Crippen molar-refractivity contribution in [1.82, 2.24) is 5.32 Å². The summed E-state index contributed by atoms with van der Waals surface area (Å²) in [6.07, 6.45) is 0.850. The lowest BCUT2D eigenvalue weighted by molar-refractivity contribution is -0.150. The van der Waals surface area contributed by atoms with Gasteiger partial charge in [0.15, 0.2) is 0 Å². The quantitative estimate of drug-likeness (QED) is 0.464. The third-order valence-electron chi connectivity index (χ3n) is 2.32. The Balaban J connectivity index is 1.92. The van der Waals surface area contributed by atoms with Gasteiger partial charge in [-0.15, -0.1) is 0 Å². The first-order valence-corrected chi connectivity index (χ1v) is 5.89. The normalized spacial score (nSPS) is 20.2. The predicted octanol–water partition coefficient (Wildman–Crippen LogP) is -0.429. The first kappa shape index (κ1) is 14.4. The van der Waals surface area contributed by atoms with Gasteiger partial charge >= 0.3 is 5.97 Å². The molecule has 6 nitrogen and oxygen atoms in total. The van der Waals surface area contributed by atoms with Gasteiger partial charge in [-0.25, -0.2) is 0 Å². The van der Waals surface area contributed by atoms with Crippen molar-refractivity contribution in [3.63, 3.8) is 0 Å². The Kier molecular flexibility index (Phi) is 7.91. The number of hydrogen-bond donors (Lipinski definition) is 1. The van der Waals surface area contributed by atoms with Crippen molar-refractivity contribution in [2.75, 3.05) is 53.3 Å². The Hall–Kier alpha value is -0.690. The molecule has 0 aromatic heterocycles. The standard InChI is InChI=1S/C11H21NO5/c1-14-4-2-5-15-7-8-17-11(13)10-9-16-6-3-12-10/h10,12H,2-9H2,1H3. The number of ether oxygens (including phenoxy) is 4. The molecule has 0 aliphatic carbocycles. The van der Waals surface area contributed by atoms with Crippen LogP contribution in [0.4, 0.5) is 0 Å². The van der Waals surface area contributed by atoms with Crippen molar-refractivity contribution in [2.45, 2.75) is 12.5 Å². The molecule has 1 atom stereocenters. The summed E-state index contributed by atoms with van der Waals surface area (Å²) in [5, 5.41) is 3.03. The highest BCUT2D eigenvalue weighted by atomic mass is 16.6. The van der Waals surface area contributed by atoms with Crippen LogP contribution < -0.4 is 5.32 Å². The van der Waals surface area contributed by atoms with E-state index in [0.29, 0.717) is 39.6 Å². The molecular weight excluding hydrogens is 226 g/mol. The highest BCUT2D eigenvalue weighted by molar-refractivity contribution is 5.76. The predicted molar refractivity (Wildman–Crippen MR) is 60.9 cm³/mol. The Labute approximate surface area is 102 Å². The van der Waals surface area contributed by atoms with Gasteiger partial charge in [-0.1, -0.05) is 0 Å². The van der Waals surface area contributed by atoms with Crippen LogP contribution in [-0.4, -0.2) is 65.3 Å². The highest BCUT2D eigenvalue weighted by Crippen LogP contribution is 1.96. The number of esters is 1. The molecule has 1 rings (SSSR count). The Morgan fingerprint density at radius 3 is 2.94 bits per heavy atom. The molecule has 0 aromatic rings. The molecule has 0 radical (unpaired) electrons. The smallest absolute Gasteiger partial charge is 0.325 e. The summed E-state index contributed by atoms with van der Waals surface area (Å²) in [4.78, 5) is 11.5. The van der Waals surface area contributed by atoms with Gasteiger partial charge < -0.3 is 24.3 Å². The average Bonchev–Trinajstić information content (AvgIpc) is 2.38. The summed E-state index contributed by atoms with van der Waals surface area (Å²) in [6, 6.07) is -0.336. The van der Waals surface area contributed by atoms with Crippen molar-refractivity contribution in [1.29, 1.82) is 0 Å². The van der Waals surface area contributed by atoms with E-state index >= 15 is 0 Å². The minimum atomic E-state index is -0.336. The van der Waals surface area contributed by atoms with Crippen molar-refractivity contribution in [3.8, 4) is 0 Å². The molecule has 1 aliphatic heterocycles. The van der Waals surface area contributed by atoms with E-state index in [-0.39, 0.29) is 18.6 Å². The molecule has 100 valence electrons. The van der Waals surface area contributed by atoms with Gasteiger partial charge in [-0.05, 0) is 6.42 Å². The van der Waals surface area contributed by atoms with E-state index in [2.05, 4.69) is 5.32 Å². The van der Waals surface area contributed by atoms with E-state index in [1.54, 1.807) is 7.11 Å². The van der Waals surface area contributed by atoms with Crippen LogP contribution in [-0.2, 0) is 23.7 Å². The van der Waals surface area contributed by atoms with Crippen LogP contribution in [0.15, 0.2) is 0 Å². The van der Waals surface area contributed by atoms with Crippen LogP contribution in [0.1, 0.15) is 6.42 Å². The van der Waals surface area contributed by atoms with Crippen LogP contribution in [0.3, 0.4) is 0 Å². The number of carbonyl (C=O) groups excluding carboxylic acids is 1. The Bertz CT molecular complexity index is 206. The highest BCUT2D eigenvalue weighted by Gasteiger charge is 2.22. The lowest BCUT2D eigenvalue weighted by atomic mass is 10.3. The molecule has 1 heterocycles. The van der Waals surface area contributed by atoms with E-state index in [4.69, 9.17) is 18.9 Å². The molecule has 1 aliphatic rings. The first-order valence-electron chi connectivity index (χ1n) is 5.89. The number of morpholine rings is 1. The van der Waals surface area contributed by atoms with Crippen LogP contribution in [0.2, 0.25) is 0 Å². The van der Waals surface area contributed by atoms with Crippen LogP contribution in [0, 0.1) is 0 Å². The molecular formula is C11H21NO5. The van der Waals surface area contributed by atoms with Gasteiger partial charge in [-0.2, -0.15) is 0 Å². The zero-order chi connectivity index (χ0) is 12.3. The maximum atomic E-state index is 11.5. The monoisotopic (exact) mass is 247 g/mol. The summed E-state index contributed by atoms with van der Waals surface area (Å²) in [5.41, 5.74) is 0. The molecule has 0 amide bonds. The van der Waals surface area contributed by atoms with Gasteiger partial charge in [0, 0.05) is 26.9 Å². The summed E-state index contributed by atoms with van der Waals surface area (Å²) < 4.78 is 20.4. The number of nitrogens with one attached hydrogen (secondary N) is 1. The van der Waals surface area contributed by atoms with Crippen LogP contribution >= 0.6 is 0 Å². The second-order valence-electron chi connectivity index (χ2n) is 3.71. The number of carbonyl (C=O) groups is 1. The average molecular weight is 247 g/mol. The number of hydrogen-bond acceptors (Lipinski definition) is 6. The van der Waals surface area contributed by atoms with Gasteiger partial charge in [0.05, 0.1) is 19.8 Å². The number of rotatable bonds is 8. The molecule has 0 spiro atoms. The fraction of sp³-hybridized carbons (Fsp3) is 0.909. The molecule has 1 fully saturated rings. The molecule has 0 aromatic carbocycles. The van der Waals surface area contributed by atoms with Crippen molar-refractivity contribution < 1.29 is 23.7 Å². The van der Waals surface area contributed by atoms with E-state index in [0.717, 1.165) is 6.42 Å². The van der Waals surface area contributed by atoms with Crippen molar-refractivity contribution >= 4 is 5.97 Å². The molecule has 17 heavy (non-hydrogen) atoms. The third-order valence-corrected chi connectivity index (χ3v) is 2.32. The topological polar surface area (TPSA) is 66.0 Å². The maximum absolute atomic E-state index is 11.5. The van der Waals surface area contributed by atoms with E-state index in [1.165, 1.54) is 0 Å². The summed E-state index contributed by atoms with van der Waals surface area (Å²) in [7, 11) is 1.65. The lowest BCUT2D eigenvalue weighted by Crippen LogP contribution is -2.47. The van der Waals surface area contributed by atoms with Gasteiger partial charge in [0.25, 0.3) is 0 Å². The first-order chi connectivity index (χ1) is 8.34. The fourth-order valence-corrected chi connectivity index (χ4v) is 1.43. The van der Waals surface area contributed by atoms with Crippen LogP contribution in [0.25, 0.3) is 0 Å². The maximum Gasteiger partial charge on any atom is 0.325 e. The summed E-state index contributed by atoms with van der Waals surface area (Å²) in [5.74, 6) is -0.273. The largest absolute Gasteiger partial charge is 0.462 e. The summed E-state index contributed by atoms with van der Waals surface area (Å²) in [6.45, 7) is 3.72. The second kappa shape index (κ2) is 9.35. The zero-order valence-corrected chi connectivity index (χ0v) is 10.3. The van der Waals surface area contributed by atoms with Gasteiger partial charge in [0.2, 0.25) is 0 Å². The van der Waals surface area contributed by atoms with Gasteiger partial charge in [-0.3, -0.25) is 4.79 Å². The Morgan fingerprint density at radius 2 is 2.24 bits per heavy atom. The lowest BCUT2D eigenvalue weighted by Gasteiger charge is -2.22. The molecule has 6 heteroatoms. The molecule has 0 saturated carbocycles. The minimum absolute atomic E-state index is 0.273. The van der Waals surface area contributed by atoms with Crippen molar-refractivity contribution in [2.24, 2.45) is 0 Å². The SMILES string of the molecule is COCCCOCCOC(=O)C1COCCN1. The molecule has 1 saturated heterocycles. The third kappa shape index (κ3) is 6.58. The van der Waals surface area contributed by atoms with E-state index in [9.17, 15) is 4.79 Å². The molecule has 1 N–H and O–H groups in total. The summed E-state index contributed by atoms with van der Waals surface area (Å²) >= 11 is 0. The second-order valence-corrected chi connectivity index (χ2v) is 3.71. The Morgan fingerprint density at radius 1 is 1.35 bits per heavy atom. The molecule has 1 unspecified atom stereocenters. The zero-order valence-electron chi connectivity index (χ0n) is 10.3. The molecule has 0 bridgehead atoms. The van der Waals surface area contributed by atoms with Crippen LogP contribution in [0.5, 0.6) is 0 Å². The van der Waals surface area contributed by atoms with Crippen molar-refractivity contribution in [3.05, 3.63) is 0 Å². The minimum Gasteiger partial charge on any atom is -0.462 e. The fourth-order valence-electron chi connectivity index (χ4n) is 1.43. The van der Waals surface area contributed by atoms with E-state index < -0.39 is 0 Å². The number of methoxy groups -OCH3 is 1. The van der Waals surface area contributed by atoms with Gasteiger partial charge in [0.1, 0.15) is 12.6 Å². The van der Waals surface area contributed by atoms with E-state index in [1.807, 2.05) is 0 Å².